The zero-order valence-electron chi connectivity index (χ0n) is 11.7. The number of primary sulfonamides is 1. The highest BCUT2D eigenvalue weighted by Crippen LogP contribution is 2.28. The fraction of sp³-hybridized carbons (Fsp3) is 0.500. The third-order valence-electron chi connectivity index (χ3n) is 3.89. The van der Waals surface area contributed by atoms with E-state index < -0.39 is 22.0 Å². The lowest BCUT2D eigenvalue weighted by atomic mass is 9.84. The number of sulfonamides is 1. The van der Waals surface area contributed by atoms with E-state index in [1.54, 1.807) is 12.1 Å². The topological polar surface area (TPSA) is 109 Å². The summed E-state index contributed by atoms with van der Waals surface area (Å²) in [5, 5.41) is 17.4. The van der Waals surface area contributed by atoms with Gasteiger partial charge in [0.2, 0.25) is 10.0 Å². The van der Waals surface area contributed by atoms with Crippen molar-refractivity contribution in [2.45, 2.75) is 43.0 Å². The Morgan fingerprint density at radius 1 is 1.19 bits per heavy atom. The fourth-order valence-corrected chi connectivity index (χ4v) is 3.28. The summed E-state index contributed by atoms with van der Waals surface area (Å²) < 4.78 is 22.4. The van der Waals surface area contributed by atoms with E-state index in [9.17, 15) is 18.3 Å². The molecule has 1 aromatic carbocycles. The zero-order chi connectivity index (χ0) is 15.5. The molecule has 0 bridgehead atoms. The molecule has 0 heterocycles. The average Bonchev–Trinajstić information content (AvgIpc) is 2.45. The lowest BCUT2D eigenvalue weighted by molar-refractivity contribution is -0.139. The van der Waals surface area contributed by atoms with E-state index in [4.69, 9.17) is 5.14 Å². The van der Waals surface area contributed by atoms with Crippen LogP contribution in [0, 0.1) is 5.92 Å². The number of nitrogens with one attached hydrogen (secondary N) is 1. The third kappa shape index (κ3) is 4.18. The van der Waals surface area contributed by atoms with Gasteiger partial charge >= 0.3 is 5.97 Å². The monoisotopic (exact) mass is 312 g/mol. The van der Waals surface area contributed by atoms with Gasteiger partial charge in [-0.2, -0.15) is 0 Å². The molecule has 0 amide bonds. The summed E-state index contributed by atoms with van der Waals surface area (Å²) in [6.45, 7) is 0. The number of carboxylic acids is 1. The molecule has 1 unspecified atom stereocenters. The second kappa shape index (κ2) is 6.44. The first kappa shape index (κ1) is 15.8. The van der Waals surface area contributed by atoms with Gasteiger partial charge in [0.05, 0.1) is 4.90 Å². The molecule has 1 saturated carbocycles. The van der Waals surface area contributed by atoms with Gasteiger partial charge in [-0.1, -0.05) is 19.3 Å². The number of hydrogen-bond acceptors (Lipinski definition) is 4. The molecule has 21 heavy (non-hydrogen) atoms. The van der Waals surface area contributed by atoms with Crippen molar-refractivity contribution in [3.05, 3.63) is 24.3 Å². The predicted octanol–water partition coefficient (Wildman–Crippen LogP) is 1.78. The Balaban J connectivity index is 2.11. The average molecular weight is 312 g/mol. The van der Waals surface area contributed by atoms with Gasteiger partial charge in [-0.05, 0) is 43.0 Å². The highest BCUT2D eigenvalue weighted by molar-refractivity contribution is 7.89. The lowest BCUT2D eigenvalue weighted by Crippen LogP contribution is -2.38. The number of benzene rings is 1. The maximum absolute atomic E-state index is 11.5. The van der Waals surface area contributed by atoms with Crippen LogP contribution >= 0.6 is 0 Å². The van der Waals surface area contributed by atoms with Crippen molar-refractivity contribution in [1.82, 2.24) is 0 Å². The molecule has 1 atom stereocenters. The number of aliphatic carboxylic acids is 1. The van der Waals surface area contributed by atoms with Gasteiger partial charge < -0.3 is 10.4 Å². The Bertz CT molecular complexity index is 592. The number of nitrogens with two attached hydrogens (primary N) is 1. The van der Waals surface area contributed by atoms with Crippen LogP contribution in [0.25, 0.3) is 0 Å². The second-order valence-electron chi connectivity index (χ2n) is 5.43. The standard InChI is InChI=1S/C14H20N2O4S/c15-21(19,20)12-8-6-11(7-9-12)16-13(14(17)18)10-4-2-1-3-5-10/h6-10,13,16H,1-5H2,(H,17,18)(H2,15,19,20). The van der Waals surface area contributed by atoms with Crippen LogP contribution in [0.2, 0.25) is 0 Å². The molecule has 2 rings (SSSR count). The maximum atomic E-state index is 11.5. The molecule has 7 heteroatoms. The predicted molar refractivity (Wildman–Crippen MR) is 79.4 cm³/mol. The molecule has 1 fully saturated rings. The van der Waals surface area contributed by atoms with Gasteiger partial charge in [-0.3, -0.25) is 0 Å². The minimum Gasteiger partial charge on any atom is -0.480 e. The van der Waals surface area contributed by atoms with Gasteiger partial charge in [-0.25, -0.2) is 18.4 Å². The molecule has 6 nitrogen and oxygen atoms in total. The minimum absolute atomic E-state index is 0.0117. The second-order valence-corrected chi connectivity index (χ2v) is 6.99. The summed E-state index contributed by atoms with van der Waals surface area (Å²) in [7, 11) is -3.73. The third-order valence-corrected chi connectivity index (χ3v) is 4.82. The molecular weight excluding hydrogens is 292 g/mol. The molecule has 116 valence electrons. The van der Waals surface area contributed by atoms with Crippen molar-refractivity contribution in [2.24, 2.45) is 11.1 Å². The van der Waals surface area contributed by atoms with Crippen molar-refractivity contribution in [2.75, 3.05) is 5.32 Å². The minimum atomic E-state index is -3.73. The van der Waals surface area contributed by atoms with Gasteiger partial charge in [0, 0.05) is 5.69 Å². The van der Waals surface area contributed by atoms with Crippen molar-refractivity contribution in [1.29, 1.82) is 0 Å². The van der Waals surface area contributed by atoms with Crippen LogP contribution < -0.4 is 10.5 Å². The summed E-state index contributed by atoms with van der Waals surface area (Å²) in [6.07, 6.45) is 5.07. The van der Waals surface area contributed by atoms with E-state index in [1.165, 1.54) is 12.1 Å². The Hall–Kier alpha value is -1.60. The van der Waals surface area contributed by atoms with Crippen LogP contribution in [0.5, 0.6) is 0 Å². The van der Waals surface area contributed by atoms with E-state index in [2.05, 4.69) is 5.32 Å². The first-order chi connectivity index (χ1) is 9.88. The highest BCUT2D eigenvalue weighted by atomic mass is 32.2. The number of hydrogen-bond donors (Lipinski definition) is 3. The van der Waals surface area contributed by atoms with Gasteiger partial charge in [0.15, 0.2) is 0 Å². The van der Waals surface area contributed by atoms with Crippen molar-refractivity contribution >= 4 is 21.7 Å². The largest absolute Gasteiger partial charge is 0.480 e. The molecule has 1 aromatic rings. The normalized spacial score (nSPS) is 18.1. The molecule has 0 aliphatic heterocycles. The summed E-state index contributed by atoms with van der Waals surface area (Å²) >= 11 is 0. The quantitative estimate of drug-likeness (QED) is 0.767. The van der Waals surface area contributed by atoms with Crippen molar-refractivity contribution < 1.29 is 18.3 Å². The zero-order valence-corrected chi connectivity index (χ0v) is 12.5. The molecule has 0 spiro atoms. The van der Waals surface area contributed by atoms with E-state index in [0.717, 1.165) is 32.1 Å². The smallest absolute Gasteiger partial charge is 0.326 e. The van der Waals surface area contributed by atoms with Gasteiger partial charge in [-0.15, -0.1) is 0 Å². The maximum Gasteiger partial charge on any atom is 0.326 e. The Labute approximate surface area is 124 Å². The van der Waals surface area contributed by atoms with E-state index in [1.807, 2.05) is 0 Å². The molecule has 1 aliphatic rings. The van der Waals surface area contributed by atoms with Crippen LogP contribution in [0.1, 0.15) is 32.1 Å². The SMILES string of the molecule is NS(=O)(=O)c1ccc(NC(C(=O)O)C2CCCCC2)cc1. The summed E-state index contributed by atoms with van der Waals surface area (Å²) in [4.78, 5) is 11.5. The molecule has 0 radical (unpaired) electrons. The summed E-state index contributed by atoms with van der Waals surface area (Å²) in [5.41, 5.74) is 0.584. The fourth-order valence-electron chi connectivity index (χ4n) is 2.77. The first-order valence-electron chi connectivity index (χ1n) is 7.00. The number of rotatable bonds is 5. The van der Waals surface area contributed by atoms with Crippen LogP contribution in [0.3, 0.4) is 0 Å². The number of carbonyl (C=O) groups is 1. The van der Waals surface area contributed by atoms with E-state index in [-0.39, 0.29) is 10.8 Å². The molecule has 0 saturated heterocycles. The Morgan fingerprint density at radius 2 is 1.76 bits per heavy atom. The summed E-state index contributed by atoms with van der Waals surface area (Å²) in [5.74, 6) is -0.772. The van der Waals surface area contributed by atoms with Crippen LogP contribution in [-0.2, 0) is 14.8 Å². The first-order valence-corrected chi connectivity index (χ1v) is 8.55. The van der Waals surface area contributed by atoms with Crippen molar-refractivity contribution in [3.8, 4) is 0 Å². The van der Waals surface area contributed by atoms with Gasteiger partial charge in [0.1, 0.15) is 6.04 Å². The highest BCUT2D eigenvalue weighted by Gasteiger charge is 2.29. The van der Waals surface area contributed by atoms with Gasteiger partial charge in [0.25, 0.3) is 0 Å². The Morgan fingerprint density at radius 3 is 2.24 bits per heavy atom. The molecule has 0 aromatic heterocycles. The van der Waals surface area contributed by atoms with Crippen LogP contribution in [-0.4, -0.2) is 25.5 Å². The number of anilines is 1. The van der Waals surface area contributed by atoms with E-state index in [0.29, 0.717) is 5.69 Å². The van der Waals surface area contributed by atoms with Crippen LogP contribution in [0.4, 0.5) is 5.69 Å². The van der Waals surface area contributed by atoms with E-state index >= 15 is 0 Å². The molecule has 4 N–H and O–H groups in total. The van der Waals surface area contributed by atoms with Crippen LogP contribution in [0.15, 0.2) is 29.2 Å². The lowest BCUT2D eigenvalue weighted by Gasteiger charge is -2.28. The Kier molecular flexibility index (Phi) is 4.84. The summed E-state index contributed by atoms with van der Waals surface area (Å²) in [6, 6.07) is 5.18. The molecular formula is C14H20N2O4S. The molecule has 1 aliphatic carbocycles. The number of carboxylic acid groups (broad SMARTS) is 1. The van der Waals surface area contributed by atoms with Crippen molar-refractivity contribution in [3.63, 3.8) is 0 Å².